The first-order valence-electron chi connectivity index (χ1n) is 6.03. The molecule has 1 unspecified atom stereocenters. The van der Waals surface area contributed by atoms with Crippen LogP contribution in [-0.2, 0) is 16.1 Å². The lowest BCUT2D eigenvalue weighted by atomic mass is 10.2. The average Bonchev–Trinajstić information content (AvgIpc) is 2.85. The highest BCUT2D eigenvalue weighted by Gasteiger charge is 2.16. The van der Waals surface area contributed by atoms with Crippen LogP contribution in [0.15, 0.2) is 18.2 Å². The molecule has 1 atom stereocenters. The second-order valence-electron chi connectivity index (χ2n) is 4.29. The van der Waals surface area contributed by atoms with E-state index in [9.17, 15) is 0 Å². The SMILES string of the molecule is c1cc2c(cc1COC1CCCCO1)OCO2. The number of ether oxygens (including phenoxy) is 4. The van der Waals surface area contributed by atoms with E-state index in [0.717, 1.165) is 36.5 Å². The third-order valence-electron chi connectivity index (χ3n) is 3.01. The van der Waals surface area contributed by atoms with E-state index in [1.807, 2.05) is 18.2 Å². The van der Waals surface area contributed by atoms with E-state index in [0.29, 0.717) is 13.4 Å². The molecule has 0 saturated carbocycles. The standard InChI is InChI=1S/C13H16O4/c1-2-6-14-13(3-1)15-8-10-4-5-11-12(7-10)17-9-16-11/h4-5,7,13H,1-3,6,8-9H2. The Morgan fingerprint density at radius 2 is 2.12 bits per heavy atom. The summed E-state index contributed by atoms with van der Waals surface area (Å²) in [6.45, 7) is 1.68. The largest absolute Gasteiger partial charge is 0.454 e. The van der Waals surface area contributed by atoms with Crippen molar-refractivity contribution in [2.45, 2.75) is 32.2 Å². The summed E-state index contributed by atoms with van der Waals surface area (Å²) in [5.74, 6) is 1.61. The smallest absolute Gasteiger partial charge is 0.231 e. The number of hydrogen-bond donors (Lipinski definition) is 0. The van der Waals surface area contributed by atoms with Crippen LogP contribution in [-0.4, -0.2) is 19.7 Å². The highest BCUT2D eigenvalue weighted by molar-refractivity contribution is 5.44. The fraction of sp³-hybridized carbons (Fsp3) is 0.538. The lowest BCUT2D eigenvalue weighted by Gasteiger charge is -2.22. The molecule has 0 amide bonds. The molecule has 1 fully saturated rings. The summed E-state index contributed by atoms with van der Waals surface area (Å²) in [5.41, 5.74) is 1.09. The van der Waals surface area contributed by atoms with E-state index in [1.54, 1.807) is 0 Å². The first kappa shape index (κ1) is 10.9. The Bertz CT molecular complexity index is 385. The van der Waals surface area contributed by atoms with Crippen molar-refractivity contribution in [2.24, 2.45) is 0 Å². The number of fused-ring (bicyclic) bond motifs is 1. The third kappa shape index (κ3) is 2.53. The van der Waals surface area contributed by atoms with Gasteiger partial charge in [-0.2, -0.15) is 0 Å². The molecule has 0 bridgehead atoms. The molecule has 2 heterocycles. The van der Waals surface area contributed by atoms with Crippen molar-refractivity contribution in [3.05, 3.63) is 23.8 Å². The van der Waals surface area contributed by atoms with Gasteiger partial charge in [-0.3, -0.25) is 0 Å². The van der Waals surface area contributed by atoms with Crippen LogP contribution < -0.4 is 9.47 Å². The van der Waals surface area contributed by atoms with Crippen LogP contribution in [0.2, 0.25) is 0 Å². The molecule has 17 heavy (non-hydrogen) atoms. The zero-order valence-corrected chi connectivity index (χ0v) is 9.69. The van der Waals surface area contributed by atoms with Crippen LogP contribution in [0.4, 0.5) is 0 Å². The summed E-state index contributed by atoms with van der Waals surface area (Å²) in [7, 11) is 0. The maximum Gasteiger partial charge on any atom is 0.231 e. The van der Waals surface area contributed by atoms with Gasteiger partial charge in [0.05, 0.1) is 6.61 Å². The van der Waals surface area contributed by atoms with E-state index in [2.05, 4.69) is 0 Å². The Balaban J connectivity index is 1.57. The molecule has 92 valence electrons. The summed E-state index contributed by atoms with van der Waals surface area (Å²) >= 11 is 0. The van der Waals surface area contributed by atoms with Gasteiger partial charge in [-0.05, 0) is 37.0 Å². The van der Waals surface area contributed by atoms with Crippen LogP contribution in [0.1, 0.15) is 24.8 Å². The summed E-state index contributed by atoms with van der Waals surface area (Å²) in [6.07, 6.45) is 3.27. The topological polar surface area (TPSA) is 36.9 Å². The van der Waals surface area contributed by atoms with Crippen molar-refractivity contribution >= 4 is 0 Å². The molecule has 4 nitrogen and oxygen atoms in total. The van der Waals surface area contributed by atoms with Crippen molar-refractivity contribution < 1.29 is 18.9 Å². The Labute approximate surface area is 100 Å². The van der Waals surface area contributed by atoms with E-state index in [-0.39, 0.29) is 6.29 Å². The van der Waals surface area contributed by atoms with Crippen LogP contribution in [0.3, 0.4) is 0 Å². The quantitative estimate of drug-likeness (QED) is 0.807. The van der Waals surface area contributed by atoms with E-state index in [4.69, 9.17) is 18.9 Å². The second kappa shape index (κ2) is 4.94. The van der Waals surface area contributed by atoms with Crippen LogP contribution in [0.25, 0.3) is 0 Å². The van der Waals surface area contributed by atoms with Crippen molar-refractivity contribution in [2.75, 3.05) is 13.4 Å². The van der Waals surface area contributed by atoms with Gasteiger partial charge in [-0.15, -0.1) is 0 Å². The molecule has 0 radical (unpaired) electrons. The minimum atomic E-state index is -0.0471. The zero-order valence-electron chi connectivity index (χ0n) is 9.69. The van der Waals surface area contributed by atoms with Crippen LogP contribution >= 0.6 is 0 Å². The fourth-order valence-electron chi connectivity index (χ4n) is 2.06. The fourth-order valence-corrected chi connectivity index (χ4v) is 2.06. The second-order valence-corrected chi connectivity index (χ2v) is 4.29. The molecular formula is C13H16O4. The molecule has 2 aliphatic rings. The van der Waals surface area contributed by atoms with Gasteiger partial charge in [0.1, 0.15) is 0 Å². The highest BCUT2D eigenvalue weighted by atomic mass is 16.7. The molecule has 3 rings (SSSR count). The predicted molar refractivity (Wildman–Crippen MR) is 60.9 cm³/mol. The number of hydrogen-bond acceptors (Lipinski definition) is 4. The monoisotopic (exact) mass is 236 g/mol. The molecule has 0 spiro atoms. The minimum Gasteiger partial charge on any atom is -0.454 e. The Morgan fingerprint density at radius 1 is 1.18 bits per heavy atom. The molecule has 1 aromatic carbocycles. The normalized spacial score (nSPS) is 22.7. The summed E-state index contributed by atoms with van der Waals surface area (Å²) in [6, 6.07) is 5.88. The Hall–Kier alpha value is -1.26. The molecule has 0 aliphatic carbocycles. The molecular weight excluding hydrogens is 220 g/mol. The molecule has 1 saturated heterocycles. The van der Waals surface area contributed by atoms with Gasteiger partial charge < -0.3 is 18.9 Å². The third-order valence-corrected chi connectivity index (χ3v) is 3.01. The van der Waals surface area contributed by atoms with Gasteiger partial charge in [0.25, 0.3) is 0 Å². The Kier molecular flexibility index (Phi) is 3.16. The van der Waals surface area contributed by atoms with Gasteiger partial charge in [0.2, 0.25) is 6.79 Å². The number of rotatable bonds is 3. The van der Waals surface area contributed by atoms with Crippen molar-refractivity contribution in [3.8, 4) is 11.5 Å². The van der Waals surface area contributed by atoms with Crippen LogP contribution in [0, 0.1) is 0 Å². The minimum absolute atomic E-state index is 0.0471. The average molecular weight is 236 g/mol. The molecule has 1 aromatic rings. The van der Waals surface area contributed by atoms with Crippen molar-refractivity contribution in [3.63, 3.8) is 0 Å². The first-order chi connectivity index (χ1) is 8.42. The maximum atomic E-state index is 5.71. The summed E-state index contributed by atoms with van der Waals surface area (Å²) in [4.78, 5) is 0. The zero-order chi connectivity index (χ0) is 11.5. The van der Waals surface area contributed by atoms with E-state index >= 15 is 0 Å². The summed E-state index contributed by atoms with van der Waals surface area (Å²) < 4.78 is 21.8. The van der Waals surface area contributed by atoms with E-state index in [1.165, 1.54) is 6.42 Å². The Morgan fingerprint density at radius 3 is 3.00 bits per heavy atom. The van der Waals surface area contributed by atoms with Gasteiger partial charge in [-0.25, -0.2) is 0 Å². The van der Waals surface area contributed by atoms with Crippen molar-refractivity contribution in [1.29, 1.82) is 0 Å². The molecule has 4 heteroatoms. The molecule has 2 aliphatic heterocycles. The molecule has 0 aromatic heterocycles. The number of benzene rings is 1. The lowest BCUT2D eigenvalue weighted by Crippen LogP contribution is -2.21. The first-order valence-corrected chi connectivity index (χ1v) is 6.03. The highest BCUT2D eigenvalue weighted by Crippen LogP contribution is 2.32. The summed E-state index contributed by atoms with van der Waals surface area (Å²) in [5, 5.41) is 0. The van der Waals surface area contributed by atoms with Gasteiger partial charge in [0, 0.05) is 6.61 Å². The van der Waals surface area contributed by atoms with Crippen LogP contribution in [0.5, 0.6) is 11.5 Å². The predicted octanol–water partition coefficient (Wildman–Crippen LogP) is 2.46. The van der Waals surface area contributed by atoms with Gasteiger partial charge in [0.15, 0.2) is 17.8 Å². The van der Waals surface area contributed by atoms with Gasteiger partial charge >= 0.3 is 0 Å². The molecule has 0 N–H and O–H groups in total. The lowest BCUT2D eigenvalue weighted by molar-refractivity contribution is -0.168. The van der Waals surface area contributed by atoms with Crippen molar-refractivity contribution in [1.82, 2.24) is 0 Å². The van der Waals surface area contributed by atoms with Gasteiger partial charge in [-0.1, -0.05) is 6.07 Å². The van der Waals surface area contributed by atoms with E-state index < -0.39 is 0 Å². The maximum absolute atomic E-state index is 5.71.